The van der Waals surface area contributed by atoms with Crippen LogP contribution in [0.1, 0.15) is 73.7 Å². The summed E-state index contributed by atoms with van der Waals surface area (Å²) in [5.41, 5.74) is 0.461. The van der Waals surface area contributed by atoms with Crippen LogP contribution in [0.4, 0.5) is 0 Å². The van der Waals surface area contributed by atoms with Gasteiger partial charge in [0.2, 0.25) is 0 Å². The lowest BCUT2D eigenvalue weighted by molar-refractivity contribution is 0.0555. The molecule has 4 rings (SSSR count). The molecule has 1 amide bonds. The van der Waals surface area contributed by atoms with Crippen LogP contribution in [0.3, 0.4) is 0 Å². The van der Waals surface area contributed by atoms with Crippen LogP contribution in [-0.4, -0.2) is 59.5 Å². The molecule has 0 N–H and O–H groups in total. The van der Waals surface area contributed by atoms with Crippen LogP contribution in [0, 0.1) is 0 Å². The maximum absolute atomic E-state index is 13.1. The number of ether oxygens (including phenoxy) is 1. The number of rotatable bonds is 3. The molecule has 25 heavy (non-hydrogen) atoms. The van der Waals surface area contributed by atoms with Crippen molar-refractivity contribution in [2.24, 2.45) is 0 Å². The van der Waals surface area contributed by atoms with Gasteiger partial charge in [-0.1, -0.05) is 12.8 Å². The van der Waals surface area contributed by atoms with E-state index in [1.54, 1.807) is 0 Å². The van der Waals surface area contributed by atoms with Crippen molar-refractivity contribution in [2.45, 2.75) is 63.5 Å². The van der Waals surface area contributed by atoms with Gasteiger partial charge in [0.1, 0.15) is 6.10 Å². The molecule has 6 nitrogen and oxygen atoms in total. The number of aromatic nitrogens is 1. The molecule has 0 radical (unpaired) electrons. The summed E-state index contributed by atoms with van der Waals surface area (Å²) in [4.78, 5) is 21.9. The Bertz CT molecular complexity index is 574. The second kappa shape index (κ2) is 7.87. The predicted molar refractivity (Wildman–Crippen MR) is 93.4 cm³/mol. The number of piperidine rings is 1. The van der Waals surface area contributed by atoms with Crippen molar-refractivity contribution in [1.82, 2.24) is 14.8 Å². The molecule has 2 unspecified atom stereocenters. The van der Waals surface area contributed by atoms with Gasteiger partial charge in [-0.15, -0.1) is 0 Å². The van der Waals surface area contributed by atoms with E-state index in [0.717, 1.165) is 39.0 Å². The van der Waals surface area contributed by atoms with Gasteiger partial charge in [-0.05, 0) is 51.6 Å². The predicted octanol–water partition coefficient (Wildman–Crippen LogP) is 3.01. The fourth-order valence-corrected chi connectivity index (χ4v) is 4.48. The van der Waals surface area contributed by atoms with Gasteiger partial charge in [0.25, 0.3) is 5.91 Å². The summed E-state index contributed by atoms with van der Waals surface area (Å²) in [5.74, 6) is 0.637. The van der Waals surface area contributed by atoms with Crippen molar-refractivity contribution in [3.63, 3.8) is 0 Å². The van der Waals surface area contributed by atoms with Gasteiger partial charge in [0.15, 0.2) is 17.8 Å². The summed E-state index contributed by atoms with van der Waals surface area (Å²) < 4.78 is 11.2. The van der Waals surface area contributed by atoms with Gasteiger partial charge in [0, 0.05) is 25.7 Å². The monoisotopic (exact) mass is 347 g/mol. The van der Waals surface area contributed by atoms with Gasteiger partial charge in [-0.2, -0.15) is 0 Å². The number of nitrogens with zero attached hydrogens (tertiary/aromatic N) is 3. The third-order valence-corrected chi connectivity index (χ3v) is 5.86. The van der Waals surface area contributed by atoms with Crippen LogP contribution in [0.2, 0.25) is 0 Å². The SMILES string of the molecule is O=C(c1ncoc1C1CCCO1)N1CCCC(N2CCCCCC2)C1. The number of hydrogen-bond donors (Lipinski definition) is 0. The molecule has 0 bridgehead atoms. The number of hydrogen-bond acceptors (Lipinski definition) is 5. The first-order valence-electron chi connectivity index (χ1n) is 9.91. The van der Waals surface area contributed by atoms with Gasteiger partial charge < -0.3 is 14.1 Å². The molecule has 2 atom stereocenters. The normalized spacial score (nSPS) is 28.9. The second-order valence-electron chi connectivity index (χ2n) is 7.56. The zero-order valence-corrected chi connectivity index (χ0v) is 15.0. The van der Waals surface area contributed by atoms with E-state index >= 15 is 0 Å². The largest absolute Gasteiger partial charge is 0.445 e. The average Bonchev–Trinajstić information content (AvgIpc) is 3.27. The zero-order valence-electron chi connectivity index (χ0n) is 15.0. The highest BCUT2D eigenvalue weighted by Crippen LogP contribution is 2.31. The minimum absolute atomic E-state index is 0.0128. The number of amides is 1. The first-order chi connectivity index (χ1) is 12.3. The molecule has 0 aromatic carbocycles. The van der Waals surface area contributed by atoms with Crippen molar-refractivity contribution >= 4 is 5.91 Å². The smallest absolute Gasteiger partial charge is 0.276 e. The Kier molecular flexibility index (Phi) is 5.36. The lowest BCUT2D eigenvalue weighted by atomic mass is 10.0. The summed E-state index contributed by atoms with van der Waals surface area (Å²) in [6.07, 6.45) is 10.7. The summed E-state index contributed by atoms with van der Waals surface area (Å²) >= 11 is 0. The number of carbonyl (C=O) groups is 1. The molecule has 0 aliphatic carbocycles. The molecule has 0 spiro atoms. The molecule has 3 saturated heterocycles. The number of likely N-dealkylation sites (tertiary alicyclic amines) is 2. The molecule has 1 aromatic rings. The van der Waals surface area contributed by atoms with Crippen molar-refractivity contribution < 1.29 is 13.9 Å². The lowest BCUT2D eigenvalue weighted by Crippen LogP contribution is -2.50. The van der Waals surface area contributed by atoms with E-state index in [1.165, 1.54) is 51.6 Å². The minimum Gasteiger partial charge on any atom is -0.445 e. The summed E-state index contributed by atoms with van der Waals surface area (Å²) in [6, 6.07) is 0.494. The van der Waals surface area contributed by atoms with Crippen molar-refractivity contribution in [3.8, 4) is 0 Å². The molecule has 6 heteroatoms. The van der Waals surface area contributed by atoms with E-state index in [0.29, 0.717) is 17.5 Å². The fraction of sp³-hybridized carbons (Fsp3) is 0.789. The third-order valence-electron chi connectivity index (χ3n) is 5.86. The van der Waals surface area contributed by atoms with E-state index < -0.39 is 0 Å². The van der Waals surface area contributed by atoms with E-state index in [1.807, 2.05) is 4.90 Å². The van der Waals surface area contributed by atoms with Gasteiger partial charge in [0.05, 0.1) is 0 Å². The minimum atomic E-state index is -0.104. The zero-order chi connectivity index (χ0) is 17.1. The first-order valence-corrected chi connectivity index (χ1v) is 9.91. The molecular weight excluding hydrogens is 318 g/mol. The fourth-order valence-electron chi connectivity index (χ4n) is 4.48. The molecule has 4 heterocycles. The van der Waals surface area contributed by atoms with Gasteiger partial charge >= 0.3 is 0 Å². The highest BCUT2D eigenvalue weighted by atomic mass is 16.5. The quantitative estimate of drug-likeness (QED) is 0.841. The van der Waals surface area contributed by atoms with Crippen LogP contribution >= 0.6 is 0 Å². The highest BCUT2D eigenvalue weighted by Gasteiger charge is 2.33. The number of oxazole rings is 1. The van der Waals surface area contributed by atoms with Gasteiger partial charge in [-0.3, -0.25) is 9.69 Å². The Morgan fingerprint density at radius 2 is 1.88 bits per heavy atom. The number of carbonyl (C=O) groups excluding carboxylic acids is 1. The molecule has 3 aliphatic rings. The maximum Gasteiger partial charge on any atom is 0.276 e. The van der Waals surface area contributed by atoms with E-state index in [2.05, 4.69) is 9.88 Å². The average molecular weight is 347 g/mol. The molecule has 138 valence electrons. The Morgan fingerprint density at radius 3 is 2.64 bits per heavy atom. The van der Waals surface area contributed by atoms with E-state index in [4.69, 9.17) is 9.15 Å². The Hall–Kier alpha value is -1.40. The molecule has 1 aromatic heterocycles. The van der Waals surface area contributed by atoms with E-state index in [9.17, 15) is 4.79 Å². The molecule has 3 aliphatic heterocycles. The topological polar surface area (TPSA) is 58.8 Å². The standard InChI is InChI=1S/C19H29N3O3/c23-19(17-18(25-14-20-17)16-8-6-12-24-16)22-11-5-7-15(13-22)21-9-3-1-2-4-10-21/h14-16H,1-13H2. The summed E-state index contributed by atoms with van der Waals surface area (Å²) in [6.45, 7) is 4.73. The first kappa shape index (κ1) is 17.0. The van der Waals surface area contributed by atoms with Crippen LogP contribution in [-0.2, 0) is 4.74 Å². The van der Waals surface area contributed by atoms with Crippen LogP contribution in [0.25, 0.3) is 0 Å². The van der Waals surface area contributed by atoms with Crippen molar-refractivity contribution in [3.05, 3.63) is 17.8 Å². The molecular formula is C19H29N3O3. The second-order valence-corrected chi connectivity index (χ2v) is 7.56. The Morgan fingerprint density at radius 1 is 1.04 bits per heavy atom. The van der Waals surface area contributed by atoms with Gasteiger partial charge in [-0.25, -0.2) is 4.98 Å². The van der Waals surface area contributed by atoms with Crippen molar-refractivity contribution in [1.29, 1.82) is 0 Å². The van der Waals surface area contributed by atoms with Crippen molar-refractivity contribution in [2.75, 3.05) is 32.8 Å². The maximum atomic E-state index is 13.1. The molecule has 0 saturated carbocycles. The highest BCUT2D eigenvalue weighted by molar-refractivity contribution is 5.93. The molecule has 3 fully saturated rings. The Labute approximate surface area is 149 Å². The third kappa shape index (κ3) is 3.75. The van der Waals surface area contributed by atoms with Crippen LogP contribution in [0.15, 0.2) is 10.8 Å². The summed E-state index contributed by atoms with van der Waals surface area (Å²) in [5, 5.41) is 0. The Balaban J connectivity index is 1.44. The van der Waals surface area contributed by atoms with Crippen LogP contribution in [0.5, 0.6) is 0 Å². The lowest BCUT2D eigenvalue weighted by Gasteiger charge is -2.39. The van der Waals surface area contributed by atoms with Crippen LogP contribution < -0.4 is 0 Å². The summed E-state index contributed by atoms with van der Waals surface area (Å²) in [7, 11) is 0. The van der Waals surface area contributed by atoms with E-state index in [-0.39, 0.29) is 12.0 Å².